The number of hydrogen-bond donors (Lipinski definition) is 3. The molecule has 5 N–H and O–H groups in total. The molecule has 36 heavy (non-hydrogen) atoms. The number of benzene rings is 1. The Morgan fingerprint density at radius 2 is 2.06 bits per heavy atom. The Labute approximate surface area is 216 Å². The molecule has 1 aliphatic heterocycles. The molecule has 3 aromatic rings. The molecule has 0 aliphatic carbocycles. The number of carbonyl (C=O) groups is 3. The average Bonchev–Trinajstić information content (AvgIpc) is 3.65. The number of nitrogen functional groups attached to an aromatic ring is 1. The van der Waals surface area contributed by atoms with Crippen LogP contribution in [-0.4, -0.2) is 53.4 Å². The predicted octanol–water partition coefficient (Wildman–Crippen LogP) is 2.57. The lowest BCUT2D eigenvalue weighted by molar-refractivity contribution is -0.126. The minimum Gasteiger partial charge on any atom is -0.497 e. The minimum atomic E-state index is -0.945. The standard InChI is InChI=1S/C24H27N5O5S2/c1-33-15-8-6-14(7-9-15)13-29(24(32)21-18(25)19(22(26)30)28-36-21)20(17-5-3-11-35-17)23(31)27-12-16-4-2-10-34-16/h3,5-9,11,16,20H,2,4,10,12-13,25H2,1H3,(H2,26,30)(H,27,31)/t16-,20-/m1/s1. The lowest BCUT2D eigenvalue weighted by Crippen LogP contribution is -2.44. The van der Waals surface area contributed by atoms with Crippen LogP contribution in [0.5, 0.6) is 5.75 Å². The van der Waals surface area contributed by atoms with Crippen molar-refractivity contribution in [3.05, 3.63) is 62.8 Å². The number of carbonyl (C=O) groups excluding carboxylic acids is 3. The van der Waals surface area contributed by atoms with Gasteiger partial charge in [0.2, 0.25) is 5.91 Å². The second-order valence-electron chi connectivity index (χ2n) is 8.22. The van der Waals surface area contributed by atoms with E-state index in [4.69, 9.17) is 20.9 Å². The van der Waals surface area contributed by atoms with E-state index in [0.29, 0.717) is 23.8 Å². The van der Waals surface area contributed by atoms with Gasteiger partial charge in [-0.1, -0.05) is 18.2 Å². The largest absolute Gasteiger partial charge is 0.497 e. The van der Waals surface area contributed by atoms with Gasteiger partial charge in [-0.3, -0.25) is 14.4 Å². The summed E-state index contributed by atoms with van der Waals surface area (Å²) in [6, 6.07) is 9.88. The van der Waals surface area contributed by atoms with Gasteiger partial charge in [0.1, 0.15) is 16.7 Å². The van der Waals surface area contributed by atoms with Gasteiger partial charge >= 0.3 is 0 Å². The monoisotopic (exact) mass is 529 g/mol. The normalized spacial score (nSPS) is 15.9. The Morgan fingerprint density at radius 3 is 2.64 bits per heavy atom. The van der Waals surface area contributed by atoms with Crippen molar-refractivity contribution in [3.8, 4) is 5.75 Å². The first kappa shape index (κ1) is 25.6. The molecule has 2 atom stereocenters. The number of thiophene rings is 1. The van der Waals surface area contributed by atoms with Gasteiger partial charge in [-0.25, -0.2) is 0 Å². The van der Waals surface area contributed by atoms with E-state index in [1.807, 2.05) is 23.6 Å². The van der Waals surface area contributed by atoms with E-state index in [2.05, 4.69) is 9.69 Å². The fourth-order valence-electron chi connectivity index (χ4n) is 3.96. The highest BCUT2D eigenvalue weighted by Crippen LogP contribution is 2.32. The molecule has 1 aliphatic rings. The highest BCUT2D eigenvalue weighted by atomic mass is 32.1. The lowest BCUT2D eigenvalue weighted by atomic mass is 10.1. The number of nitrogens with two attached hydrogens (primary N) is 2. The summed E-state index contributed by atoms with van der Waals surface area (Å²) in [5.74, 6) is -1.03. The van der Waals surface area contributed by atoms with E-state index in [1.54, 1.807) is 25.3 Å². The number of aromatic nitrogens is 1. The molecule has 3 heterocycles. The number of methoxy groups -OCH3 is 1. The number of anilines is 1. The molecular formula is C24H27N5O5S2. The summed E-state index contributed by atoms with van der Waals surface area (Å²) in [6.07, 6.45) is 1.76. The number of ether oxygens (including phenoxy) is 2. The van der Waals surface area contributed by atoms with E-state index >= 15 is 0 Å². The fraction of sp³-hybridized carbons (Fsp3) is 0.333. The predicted molar refractivity (Wildman–Crippen MR) is 137 cm³/mol. The molecule has 190 valence electrons. The summed E-state index contributed by atoms with van der Waals surface area (Å²) in [5, 5.41) is 4.80. The van der Waals surface area contributed by atoms with E-state index in [1.165, 1.54) is 16.2 Å². The maximum Gasteiger partial charge on any atom is 0.270 e. The van der Waals surface area contributed by atoms with Crippen LogP contribution >= 0.6 is 22.9 Å². The average molecular weight is 530 g/mol. The summed E-state index contributed by atoms with van der Waals surface area (Å²) < 4.78 is 14.8. The van der Waals surface area contributed by atoms with Crippen LogP contribution in [0.4, 0.5) is 5.69 Å². The first-order chi connectivity index (χ1) is 17.4. The Morgan fingerprint density at radius 1 is 1.28 bits per heavy atom. The van der Waals surface area contributed by atoms with Gasteiger partial charge in [-0.15, -0.1) is 11.3 Å². The molecule has 0 bridgehead atoms. The number of primary amides is 1. The number of amides is 3. The van der Waals surface area contributed by atoms with E-state index in [0.717, 1.165) is 29.9 Å². The van der Waals surface area contributed by atoms with E-state index < -0.39 is 17.9 Å². The third-order valence-corrected chi connectivity index (χ3v) is 7.60. The quantitative estimate of drug-likeness (QED) is 0.365. The summed E-state index contributed by atoms with van der Waals surface area (Å²) >= 11 is 2.15. The zero-order valence-electron chi connectivity index (χ0n) is 19.6. The number of nitrogens with one attached hydrogen (secondary N) is 1. The van der Waals surface area contributed by atoms with Crippen molar-refractivity contribution in [3.63, 3.8) is 0 Å². The van der Waals surface area contributed by atoms with E-state index in [-0.39, 0.29) is 34.8 Å². The molecule has 1 saturated heterocycles. The van der Waals surface area contributed by atoms with Gasteiger partial charge in [-0.05, 0) is 53.5 Å². The first-order valence-electron chi connectivity index (χ1n) is 11.3. The van der Waals surface area contributed by atoms with Crippen LogP contribution in [0.3, 0.4) is 0 Å². The Bertz CT molecular complexity index is 1210. The van der Waals surface area contributed by atoms with Crippen molar-refractivity contribution >= 4 is 46.3 Å². The van der Waals surface area contributed by atoms with Crippen molar-refractivity contribution in [1.82, 2.24) is 14.6 Å². The molecular weight excluding hydrogens is 502 g/mol. The van der Waals surface area contributed by atoms with Crippen molar-refractivity contribution in [2.75, 3.05) is 26.0 Å². The van der Waals surface area contributed by atoms with Gasteiger partial charge in [0, 0.05) is 24.6 Å². The maximum absolute atomic E-state index is 13.9. The Hall–Kier alpha value is -3.48. The third-order valence-electron chi connectivity index (χ3n) is 5.83. The summed E-state index contributed by atoms with van der Waals surface area (Å²) in [5.41, 5.74) is 11.9. The number of nitrogens with zero attached hydrogens (tertiary/aromatic N) is 2. The lowest BCUT2D eigenvalue weighted by Gasteiger charge is -2.30. The van der Waals surface area contributed by atoms with Crippen LogP contribution in [0.2, 0.25) is 0 Å². The zero-order chi connectivity index (χ0) is 25.7. The Balaban J connectivity index is 1.70. The topological polar surface area (TPSA) is 150 Å². The summed E-state index contributed by atoms with van der Waals surface area (Å²) in [7, 11) is 1.57. The summed E-state index contributed by atoms with van der Waals surface area (Å²) in [4.78, 5) is 41.3. The molecule has 0 saturated carbocycles. The highest BCUT2D eigenvalue weighted by molar-refractivity contribution is 7.10. The van der Waals surface area contributed by atoms with Crippen LogP contribution in [0, 0.1) is 0 Å². The van der Waals surface area contributed by atoms with Crippen molar-refractivity contribution in [2.24, 2.45) is 5.73 Å². The molecule has 4 rings (SSSR count). The summed E-state index contributed by atoms with van der Waals surface area (Å²) in [6.45, 7) is 1.12. The molecule has 3 amide bonds. The number of hydrogen-bond acceptors (Lipinski definition) is 9. The molecule has 2 aromatic heterocycles. The molecule has 12 heteroatoms. The molecule has 0 spiro atoms. The maximum atomic E-state index is 13.9. The smallest absolute Gasteiger partial charge is 0.270 e. The highest BCUT2D eigenvalue weighted by Gasteiger charge is 2.36. The fourth-order valence-corrected chi connectivity index (χ4v) is 5.55. The number of rotatable bonds is 10. The van der Waals surface area contributed by atoms with Crippen LogP contribution < -0.4 is 21.5 Å². The molecule has 1 fully saturated rings. The second-order valence-corrected chi connectivity index (χ2v) is 9.97. The molecule has 1 aromatic carbocycles. The van der Waals surface area contributed by atoms with Crippen molar-refractivity contribution in [1.29, 1.82) is 0 Å². The van der Waals surface area contributed by atoms with Gasteiger partial charge in [-0.2, -0.15) is 4.37 Å². The zero-order valence-corrected chi connectivity index (χ0v) is 21.3. The molecule has 0 unspecified atom stereocenters. The SMILES string of the molecule is COc1ccc(CN(C(=O)c2snc(C(N)=O)c2N)[C@@H](C(=O)NC[C@H]2CCCO2)c2cccs2)cc1. The van der Waals surface area contributed by atoms with Crippen LogP contribution in [0.25, 0.3) is 0 Å². The van der Waals surface area contributed by atoms with Gasteiger partial charge in [0.15, 0.2) is 5.69 Å². The van der Waals surface area contributed by atoms with Gasteiger partial charge in [0.05, 0.1) is 18.9 Å². The first-order valence-corrected chi connectivity index (χ1v) is 13.0. The van der Waals surface area contributed by atoms with Gasteiger partial charge in [0.25, 0.3) is 11.8 Å². The second kappa shape index (κ2) is 11.5. The third kappa shape index (κ3) is 5.66. The van der Waals surface area contributed by atoms with E-state index in [9.17, 15) is 14.4 Å². The van der Waals surface area contributed by atoms with Crippen LogP contribution in [0.15, 0.2) is 41.8 Å². The molecule has 10 nitrogen and oxygen atoms in total. The van der Waals surface area contributed by atoms with Gasteiger partial charge < -0.3 is 31.2 Å². The van der Waals surface area contributed by atoms with Crippen LogP contribution in [-0.2, 0) is 16.1 Å². The minimum absolute atomic E-state index is 0.0470. The molecule has 0 radical (unpaired) electrons. The Kier molecular flexibility index (Phi) is 8.18. The van der Waals surface area contributed by atoms with Crippen molar-refractivity contribution < 1.29 is 23.9 Å². The van der Waals surface area contributed by atoms with Crippen LogP contribution in [0.1, 0.15) is 49.5 Å². The van der Waals surface area contributed by atoms with Crippen molar-refractivity contribution in [2.45, 2.75) is 31.5 Å².